The predicted octanol–water partition coefficient (Wildman–Crippen LogP) is 2.84. The molecule has 0 fully saturated rings. The van der Waals surface area contributed by atoms with Crippen molar-refractivity contribution in [2.24, 2.45) is 0 Å². The first-order valence-corrected chi connectivity index (χ1v) is 9.29. The fourth-order valence-electron chi connectivity index (χ4n) is 2.25. The summed E-state index contributed by atoms with van der Waals surface area (Å²) in [5.41, 5.74) is 0.428. The van der Waals surface area contributed by atoms with Crippen LogP contribution in [0, 0.1) is 0 Å². The van der Waals surface area contributed by atoms with Crippen LogP contribution in [0.25, 0.3) is 0 Å². The van der Waals surface area contributed by atoms with Gasteiger partial charge < -0.3 is 10.1 Å². The van der Waals surface area contributed by atoms with Gasteiger partial charge in [-0.1, -0.05) is 36.4 Å². The first-order valence-electron chi connectivity index (χ1n) is 8.41. The van der Waals surface area contributed by atoms with Crippen LogP contribution in [0.15, 0.2) is 47.8 Å². The predicted molar refractivity (Wildman–Crippen MR) is 100 cm³/mol. The number of benzene rings is 1. The van der Waals surface area contributed by atoms with Crippen LogP contribution in [0.5, 0.6) is 0 Å². The molecule has 0 aliphatic carbocycles. The average Bonchev–Trinajstić information content (AvgIpc) is 3.19. The van der Waals surface area contributed by atoms with Gasteiger partial charge >= 0.3 is 12.0 Å². The van der Waals surface area contributed by atoms with Crippen LogP contribution in [-0.4, -0.2) is 30.2 Å². The minimum Gasteiger partial charge on any atom is -0.447 e. The lowest BCUT2D eigenvalue weighted by molar-refractivity contribution is -0.156. The largest absolute Gasteiger partial charge is 0.447 e. The number of Topliss-reactive ketones (excluding diaryl/α,β-unsaturated/α-hetero) is 1. The van der Waals surface area contributed by atoms with Crippen LogP contribution in [-0.2, 0) is 14.3 Å². The molecule has 0 unspecified atom stereocenters. The van der Waals surface area contributed by atoms with Crippen molar-refractivity contribution in [3.8, 4) is 0 Å². The Bertz CT molecular complexity index is 790. The third-order valence-electron chi connectivity index (χ3n) is 3.52. The van der Waals surface area contributed by atoms with Crippen molar-refractivity contribution < 1.29 is 23.9 Å². The molecule has 27 heavy (non-hydrogen) atoms. The zero-order valence-corrected chi connectivity index (χ0v) is 15.6. The molecule has 2 rings (SSSR count). The second-order valence-corrected chi connectivity index (χ2v) is 6.48. The highest BCUT2D eigenvalue weighted by molar-refractivity contribution is 7.12. The first kappa shape index (κ1) is 20.3. The minimum absolute atomic E-state index is 0.0151. The van der Waals surface area contributed by atoms with E-state index >= 15 is 0 Å². The monoisotopic (exact) mass is 388 g/mol. The molecule has 1 atom stereocenters. The van der Waals surface area contributed by atoms with Gasteiger partial charge in [0.05, 0.1) is 11.3 Å². The van der Waals surface area contributed by atoms with Gasteiger partial charge in [0, 0.05) is 18.5 Å². The van der Waals surface area contributed by atoms with Crippen molar-refractivity contribution in [3.63, 3.8) is 0 Å². The summed E-state index contributed by atoms with van der Waals surface area (Å²) in [6, 6.07) is 11.1. The molecular weight excluding hydrogens is 368 g/mol. The number of ketones is 1. The van der Waals surface area contributed by atoms with Crippen molar-refractivity contribution >= 4 is 35.0 Å². The van der Waals surface area contributed by atoms with Gasteiger partial charge in [0.1, 0.15) is 0 Å². The molecular formula is C19H20N2O5S. The molecule has 1 aromatic heterocycles. The number of imide groups is 1. The topological polar surface area (TPSA) is 102 Å². The van der Waals surface area contributed by atoms with E-state index in [0.717, 1.165) is 0 Å². The van der Waals surface area contributed by atoms with Gasteiger partial charge in [-0.25, -0.2) is 4.79 Å². The van der Waals surface area contributed by atoms with Gasteiger partial charge in [-0.15, -0.1) is 11.3 Å². The molecule has 0 saturated heterocycles. The van der Waals surface area contributed by atoms with Gasteiger partial charge in [0.15, 0.2) is 5.78 Å². The van der Waals surface area contributed by atoms with E-state index in [1.54, 1.807) is 54.8 Å². The molecule has 0 saturated carbocycles. The van der Waals surface area contributed by atoms with E-state index in [0.29, 0.717) is 17.0 Å². The van der Waals surface area contributed by atoms with Gasteiger partial charge in [0.25, 0.3) is 5.91 Å². The molecule has 0 aliphatic heterocycles. The molecule has 0 radical (unpaired) electrons. The Balaban J connectivity index is 2.00. The van der Waals surface area contributed by atoms with Crippen molar-refractivity contribution in [3.05, 3.63) is 58.3 Å². The van der Waals surface area contributed by atoms with E-state index in [9.17, 15) is 19.2 Å². The fraction of sp³-hybridized carbons (Fsp3) is 0.263. The summed E-state index contributed by atoms with van der Waals surface area (Å²) < 4.78 is 5.27. The molecule has 3 amide bonds. The summed E-state index contributed by atoms with van der Waals surface area (Å²) in [4.78, 5) is 48.7. The van der Waals surface area contributed by atoms with Crippen LogP contribution in [0.1, 0.15) is 41.1 Å². The number of esters is 1. The molecule has 2 aromatic rings. The maximum Gasteiger partial charge on any atom is 0.321 e. The number of carbonyl (C=O) groups excluding carboxylic acids is 4. The summed E-state index contributed by atoms with van der Waals surface area (Å²) in [6.45, 7) is 2.06. The third-order valence-corrected chi connectivity index (χ3v) is 4.43. The fourth-order valence-corrected chi connectivity index (χ4v) is 2.94. The molecule has 0 spiro atoms. The van der Waals surface area contributed by atoms with Crippen LogP contribution < -0.4 is 10.6 Å². The second kappa shape index (κ2) is 10.2. The Kier molecular flexibility index (Phi) is 7.69. The summed E-state index contributed by atoms with van der Waals surface area (Å²) >= 11 is 1.30. The summed E-state index contributed by atoms with van der Waals surface area (Å²) in [5, 5.41) is 6.36. The van der Waals surface area contributed by atoms with Crippen molar-refractivity contribution in [2.75, 3.05) is 6.54 Å². The highest BCUT2D eigenvalue weighted by Crippen LogP contribution is 2.19. The number of rotatable bonds is 8. The SMILES string of the molecule is CCNC(=O)NC(=O)[C@H](OC(=O)CCC(=O)c1cccs1)c1ccccc1. The highest BCUT2D eigenvalue weighted by atomic mass is 32.1. The van der Waals surface area contributed by atoms with Gasteiger partial charge in [0.2, 0.25) is 6.10 Å². The highest BCUT2D eigenvalue weighted by Gasteiger charge is 2.26. The van der Waals surface area contributed by atoms with E-state index in [-0.39, 0.29) is 18.6 Å². The van der Waals surface area contributed by atoms with E-state index in [1.165, 1.54) is 11.3 Å². The average molecular weight is 388 g/mol. The van der Waals surface area contributed by atoms with E-state index < -0.39 is 24.0 Å². The molecule has 0 aliphatic rings. The number of thiophene rings is 1. The quantitative estimate of drug-likeness (QED) is 0.535. The van der Waals surface area contributed by atoms with Crippen molar-refractivity contribution in [1.82, 2.24) is 10.6 Å². The van der Waals surface area contributed by atoms with Crippen LogP contribution in [0.4, 0.5) is 4.79 Å². The molecule has 2 N–H and O–H groups in total. The van der Waals surface area contributed by atoms with Crippen molar-refractivity contribution in [2.45, 2.75) is 25.9 Å². The summed E-state index contributed by atoms with van der Waals surface area (Å²) in [5.74, 6) is -1.62. The Morgan fingerprint density at radius 3 is 2.41 bits per heavy atom. The number of urea groups is 1. The zero-order chi connectivity index (χ0) is 19.6. The maximum absolute atomic E-state index is 12.4. The Hall–Kier alpha value is -3.00. The van der Waals surface area contributed by atoms with Gasteiger partial charge in [-0.05, 0) is 18.4 Å². The molecule has 7 nitrogen and oxygen atoms in total. The third kappa shape index (κ3) is 6.34. The standard InChI is InChI=1S/C19H20N2O5S/c1-2-20-19(25)21-18(24)17(13-7-4-3-5-8-13)26-16(23)11-10-14(22)15-9-6-12-27-15/h3-9,12,17H,2,10-11H2,1H3,(H2,20,21,24,25)/t17-/m1/s1. The van der Waals surface area contributed by atoms with Crippen LogP contribution in [0.3, 0.4) is 0 Å². The molecule has 8 heteroatoms. The maximum atomic E-state index is 12.4. The Morgan fingerprint density at radius 1 is 1.04 bits per heavy atom. The van der Waals surface area contributed by atoms with Crippen LogP contribution in [0.2, 0.25) is 0 Å². The number of nitrogens with one attached hydrogen (secondary N) is 2. The van der Waals surface area contributed by atoms with Gasteiger partial charge in [-0.3, -0.25) is 19.7 Å². The van der Waals surface area contributed by atoms with Crippen molar-refractivity contribution in [1.29, 1.82) is 0 Å². The van der Waals surface area contributed by atoms with Gasteiger partial charge in [-0.2, -0.15) is 0 Å². The molecule has 0 bridgehead atoms. The Morgan fingerprint density at radius 2 is 1.78 bits per heavy atom. The molecule has 1 aromatic carbocycles. The second-order valence-electron chi connectivity index (χ2n) is 5.53. The first-order chi connectivity index (χ1) is 13.0. The lowest BCUT2D eigenvalue weighted by Crippen LogP contribution is -2.42. The number of amides is 3. The molecule has 1 heterocycles. The minimum atomic E-state index is -1.28. The lowest BCUT2D eigenvalue weighted by Gasteiger charge is -2.17. The number of hydrogen-bond acceptors (Lipinski definition) is 6. The smallest absolute Gasteiger partial charge is 0.321 e. The lowest BCUT2D eigenvalue weighted by atomic mass is 10.1. The zero-order valence-electron chi connectivity index (χ0n) is 14.8. The number of carbonyl (C=O) groups is 4. The number of hydrogen-bond donors (Lipinski definition) is 2. The van der Waals surface area contributed by atoms with E-state index in [2.05, 4.69) is 10.6 Å². The normalized spacial score (nSPS) is 11.3. The number of ether oxygens (including phenoxy) is 1. The Labute approximate surface area is 160 Å². The molecule has 142 valence electrons. The van der Waals surface area contributed by atoms with Crippen LogP contribution >= 0.6 is 11.3 Å². The van der Waals surface area contributed by atoms with E-state index in [1.807, 2.05) is 0 Å². The summed E-state index contributed by atoms with van der Waals surface area (Å²) in [7, 11) is 0. The summed E-state index contributed by atoms with van der Waals surface area (Å²) in [6.07, 6.45) is -1.45. The van der Waals surface area contributed by atoms with E-state index in [4.69, 9.17) is 4.74 Å².